The van der Waals surface area contributed by atoms with Crippen molar-refractivity contribution in [3.05, 3.63) is 47.7 Å². The number of fused-ring (bicyclic) bond motifs is 1. The molecule has 0 bridgehead atoms. The van der Waals surface area contributed by atoms with Gasteiger partial charge in [-0.1, -0.05) is 24.3 Å². The van der Waals surface area contributed by atoms with Crippen LogP contribution in [0.3, 0.4) is 0 Å². The monoisotopic (exact) mass is 377 g/mol. The Hall–Kier alpha value is -2.73. The number of rotatable bonds is 4. The van der Waals surface area contributed by atoms with Crippen LogP contribution in [0.15, 0.2) is 36.5 Å². The Labute approximate surface area is 165 Å². The number of piperidine rings is 1. The maximum atomic E-state index is 13.2. The van der Waals surface area contributed by atoms with Crippen LogP contribution in [-0.4, -0.2) is 39.8 Å². The summed E-state index contributed by atoms with van der Waals surface area (Å²) < 4.78 is 1.89. The van der Waals surface area contributed by atoms with E-state index in [0.717, 1.165) is 53.8 Å². The van der Waals surface area contributed by atoms with E-state index in [-0.39, 0.29) is 18.0 Å². The zero-order valence-corrected chi connectivity index (χ0v) is 16.7. The molecule has 0 radical (unpaired) electrons. The van der Waals surface area contributed by atoms with E-state index in [2.05, 4.69) is 42.6 Å². The molecule has 146 valence electrons. The Kier molecular flexibility index (Phi) is 5.13. The van der Waals surface area contributed by atoms with Crippen molar-refractivity contribution >= 4 is 16.9 Å². The smallest absolute Gasteiger partial charge is 0.252 e. The molecule has 2 aromatic heterocycles. The molecule has 1 amide bonds. The molecule has 0 spiro atoms. The fraction of sp³-hybridized carbons (Fsp3) is 0.409. The first-order valence-electron chi connectivity index (χ1n) is 10.0. The molecule has 2 N–H and O–H groups in total. The number of carbonyl (C=O) groups excluding carboxylic acids is 1. The van der Waals surface area contributed by atoms with Crippen LogP contribution >= 0.6 is 0 Å². The molecule has 0 atom stereocenters. The summed E-state index contributed by atoms with van der Waals surface area (Å²) >= 11 is 0. The summed E-state index contributed by atoms with van der Waals surface area (Å²) in [6, 6.07) is 10.4. The maximum Gasteiger partial charge on any atom is 0.252 e. The van der Waals surface area contributed by atoms with Crippen molar-refractivity contribution in [1.29, 1.82) is 0 Å². The lowest BCUT2D eigenvalue weighted by molar-refractivity contribution is 0.0931. The SMILES string of the molecule is Cc1ccccc1-c1cc(C(=O)NC2CCNCC2)c2cnn(C(C)C)c2n1. The average molecular weight is 377 g/mol. The second kappa shape index (κ2) is 7.72. The summed E-state index contributed by atoms with van der Waals surface area (Å²) in [5.41, 5.74) is 4.38. The first kappa shape index (κ1) is 18.6. The Morgan fingerprint density at radius 1 is 1.25 bits per heavy atom. The van der Waals surface area contributed by atoms with Gasteiger partial charge in [-0.25, -0.2) is 9.67 Å². The Balaban J connectivity index is 1.82. The summed E-state index contributed by atoms with van der Waals surface area (Å²) in [4.78, 5) is 18.1. The lowest BCUT2D eigenvalue weighted by Gasteiger charge is -2.24. The highest BCUT2D eigenvalue weighted by molar-refractivity contribution is 6.06. The molecule has 6 heteroatoms. The third kappa shape index (κ3) is 3.52. The predicted molar refractivity (Wildman–Crippen MR) is 111 cm³/mol. The fourth-order valence-corrected chi connectivity index (χ4v) is 3.81. The van der Waals surface area contributed by atoms with Crippen molar-refractivity contribution in [2.45, 2.75) is 45.7 Å². The van der Waals surface area contributed by atoms with Crippen LogP contribution in [0, 0.1) is 6.92 Å². The number of nitrogens with zero attached hydrogens (tertiary/aromatic N) is 3. The first-order chi connectivity index (χ1) is 13.5. The summed E-state index contributed by atoms with van der Waals surface area (Å²) in [7, 11) is 0. The number of pyridine rings is 1. The Bertz CT molecular complexity index is 1000. The van der Waals surface area contributed by atoms with Crippen LogP contribution in [0.1, 0.15) is 48.7 Å². The van der Waals surface area contributed by atoms with E-state index >= 15 is 0 Å². The zero-order valence-electron chi connectivity index (χ0n) is 16.7. The minimum atomic E-state index is -0.0440. The highest BCUT2D eigenvalue weighted by Gasteiger charge is 2.22. The van der Waals surface area contributed by atoms with Gasteiger partial charge >= 0.3 is 0 Å². The van der Waals surface area contributed by atoms with Crippen LogP contribution < -0.4 is 10.6 Å². The molecular formula is C22H27N5O. The van der Waals surface area contributed by atoms with Crippen molar-refractivity contribution in [2.75, 3.05) is 13.1 Å². The van der Waals surface area contributed by atoms with Gasteiger partial charge < -0.3 is 10.6 Å². The molecule has 4 rings (SSSR count). The zero-order chi connectivity index (χ0) is 19.7. The molecule has 3 aromatic rings. The van der Waals surface area contributed by atoms with Crippen LogP contribution in [0.5, 0.6) is 0 Å². The molecule has 1 aliphatic heterocycles. The topological polar surface area (TPSA) is 71.8 Å². The van der Waals surface area contributed by atoms with E-state index in [1.807, 2.05) is 28.9 Å². The fourth-order valence-electron chi connectivity index (χ4n) is 3.81. The molecule has 0 aliphatic carbocycles. The summed E-state index contributed by atoms with van der Waals surface area (Å²) in [6.07, 6.45) is 3.67. The van der Waals surface area contributed by atoms with Crippen molar-refractivity contribution < 1.29 is 4.79 Å². The summed E-state index contributed by atoms with van der Waals surface area (Å²) in [5.74, 6) is -0.0440. The number of aromatic nitrogens is 3. The molecule has 1 aliphatic rings. The molecule has 1 saturated heterocycles. The van der Waals surface area contributed by atoms with E-state index in [4.69, 9.17) is 4.98 Å². The van der Waals surface area contributed by atoms with Gasteiger partial charge in [0, 0.05) is 17.6 Å². The van der Waals surface area contributed by atoms with Gasteiger partial charge in [-0.05, 0) is 58.3 Å². The minimum Gasteiger partial charge on any atom is -0.349 e. The summed E-state index contributed by atoms with van der Waals surface area (Å²) in [6.45, 7) is 8.09. The van der Waals surface area contributed by atoms with Crippen LogP contribution in [-0.2, 0) is 0 Å². The van der Waals surface area contributed by atoms with Crippen LogP contribution in [0.25, 0.3) is 22.3 Å². The molecule has 6 nitrogen and oxygen atoms in total. The molecule has 3 heterocycles. The number of nitrogens with one attached hydrogen (secondary N) is 2. The largest absolute Gasteiger partial charge is 0.349 e. The Morgan fingerprint density at radius 2 is 2.00 bits per heavy atom. The minimum absolute atomic E-state index is 0.0440. The highest BCUT2D eigenvalue weighted by atomic mass is 16.1. The second-order valence-electron chi connectivity index (χ2n) is 7.79. The quantitative estimate of drug-likeness (QED) is 0.730. The van der Waals surface area contributed by atoms with E-state index in [9.17, 15) is 4.79 Å². The van der Waals surface area contributed by atoms with E-state index < -0.39 is 0 Å². The number of hydrogen-bond donors (Lipinski definition) is 2. The summed E-state index contributed by atoms with van der Waals surface area (Å²) in [5, 5.41) is 11.9. The van der Waals surface area contributed by atoms with Gasteiger partial charge in [0.15, 0.2) is 5.65 Å². The van der Waals surface area contributed by atoms with E-state index in [0.29, 0.717) is 5.56 Å². The van der Waals surface area contributed by atoms with Gasteiger partial charge in [0.1, 0.15) is 0 Å². The van der Waals surface area contributed by atoms with Crippen LogP contribution in [0.2, 0.25) is 0 Å². The molecule has 1 aromatic carbocycles. The number of benzene rings is 1. The van der Waals surface area contributed by atoms with Gasteiger partial charge in [-0.3, -0.25) is 4.79 Å². The number of hydrogen-bond acceptors (Lipinski definition) is 4. The average Bonchev–Trinajstić information content (AvgIpc) is 3.12. The van der Waals surface area contributed by atoms with Crippen molar-refractivity contribution in [3.63, 3.8) is 0 Å². The van der Waals surface area contributed by atoms with Gasteiger partial charge in [0.2, 0.25) is 0 Å². The van der Waals surface area contributed by atoms with E-state index in [1.54, 1.807) is 6.20 Å². The first-order valence-corrected chi connectivity index (χ1v) is 10.0. The van der Waals surface area contributed by atoms with Gasteiger partial charge in [0.25, 0.3) is 5.91 Å². The number of aryl methyl sites for hydroxylation is 1. The predicted octanol–water partition coefficient (Wildman–Crippen LogP) is 3.47. The molecule has 0 saturated carbocycles. The second-order valence-corrected chi connectivity index (χ2v) is 7.79. The molecule has 28 heavy (non-hydrogen) atoms. The van der Waals surface area contributed by atoms with E-state index in [1.165, 1.54) is 0 Å². The molecule has 0 unspecified atom stereocenters. The highest BCUT2D eigenvalue weighted by Crippen LogP contribution is 2.28. The molecular weight excluding hydrogens is 350 g/mol. The van der Waals surface area contributed by atoms with Crippen molar-refractivity contribution in [1.82, 2.24) is 25.4 Å². The number of carbonyl (C=O) groups is 1. The lowest BCUT2D eigenvalue weighted by Crippen LogP contribution is -2.42. The molecule has 1 fully saturated rings. The van der Waals surface area contributed by atoms with Crippen molar-refractivity contribution in [3.8, 4) is 11.3 Å². The lowest BCUT2D eigenvalue weighted by atomic mass is 10.0. The van der Waals surface area contributed by atoms with Gasteiger partial charge in [0.05, 0.1) is 22.8 Å². The third-order valence-corrected chi connectivity index (χ3v) is 5.40. The van der Waals surface area contributed by atoms with Gasteiger partial charge in [-0.2, -0.15) is 5.10 Å². The van der Waals surface area contributed by atoms with Crippen molar-refractivity contribution in [2.24, 2.45) is 0 Å². The third-order valence-electron chi connectivity index (χ3n) is 5.40. The Morgan fingerprint density at radius 3 is 2.71 bits per heavy atom. The number of amides is 1. The van der Waals surface area contributed by atoms with Gasteiger partial charge in [-0.15, -0.1) is 0 Å². The standard InChI is InChI=1S/C22H27N5O/c1-14(2)27-21-19(13-24-27)18(22(28)25-16-8-10-23-11-9-16)12-20(26-21)17-7-5-4-6-15(17)3/h4-7,12-14,16,23H,8-11H2,1-3H3,(H,25,28). The van der Waals surface area contributed by atoms with Crippen LogP contribution in [0.4, 0.5) is 0 Å². The maximum absolute atomic E-state index is 13.2. The normalized spacial score (nSPS) is 15.3.